The van der Waals surface area contributed by atoms with E-state index in [0.717, 1.165) is 37.8 Å². The van der Waals surface area contributed by atoms with E-state index in [2.05, 4.69) is 5.32 Å². The molecule has 0 aliphatic carbocycles. The van der Waals surface area contributed by atoms with Crippen molar-refractivity contribution >= 4 is 29.2 Å². The van der Waals surface area contributed by atoms with Gasteiger partial charge in [-0.3, -0.25) is 4.79 Å². The molecule has 5 heteroatoms. The van der Waals surface area contributed by atoms with Crippen molar-refractivity contribution in [2.45, 2.75) is 45.1 Å². The second-order valence-electron chi connectivity index (χ2n) is 4.84. The summed E-state index contributed by atoms with van der Waals surface area (Å²) < 4.78 is 0. The van der Waals surface area contributed by atoms with Crippen LogP contribution in [0.2, 0.25) is 10.0 Å². The SMILES string of the molecule is CCCC(NCCCCc1ccc(Cl)c(Cl)c1)C(=O)O. The molecule has 1 atom stereocenters. The van der Waals surface area contributed by atoms with Gasteiger partial charge < -0.3 is 10.4 Å². The van der Waals surface area contributed by atoms with Gasteiger partial charge in [0.2, 0.25) is 0 Å². The van der Waals surface area contributed by atoms with Crippen molar-refractivity contribution in [3.8, 4) is 0 Å². The number of halogens is 2. The highest BCUT2D eigenvalue weighted by molar-refractivity contribution is 6.42. The molecule has 0 aliphatic rings. The van der Waals surface area contributed by atoms with E-state index in [9.17, 15) is 4.79 Å². The number of hydrogen-bond donors (Lipinski definition) is 2. The molecule has 20 heavy (non-hydrogen) atoms. The molecule has 0 radical (unpaired) electrons. The molecule has 0 spiro atoms. The van der Waals surface area contributed by atoms with Gasteiger partial charge in [-0.05, 0) is 49.9 Å². The van der Waals surface area contributed by atoms with Gasteiger partial charge in [0.1, 0.15) is 6.04 Å². The number of nitrogens with one attached hydrogen (secondary N) is 1. The fourth-order valence-electron chi connectivity index (χ4n) is 2.03. The zero-order valence-corrected chi connectivity index (χ0v) is 13.2. The van der Waals surface area contributed by atoms with Crippen LogP contribution in [0.25, 0.3) is 0 Å². The third kappa shape index (κ3) is 6.12. The monoisotopic (exact) mass is 317 g/mol. The van der Waals surface area contributed by atoms with Gasteiger partial charge in [-0.2, -0.15) is 0 Å². The largest absolute Gasteiger partial charge is 0.480 e. The Labute approximate surface area is 130 Å². The van der Waals surface area contributed by atoms with Crippen LogP contribution in [0.1, 0.15) is 38.2 Å². The van der Waals surface area contributed by atoms with Crippen LogP contribution in [0.5, 0.6) is 0 Å². The van der Waals surface area contributed by atoms with Crippen molar-refractivity contribution in [3.05, 3.63) is 33.8 Å². The van der Waals surface area contributed by atoms with Crippen LogP contribution >= 0.6 is 23.2 Å². The number of unbranched alkanes of at least 4 members (excludes halogenated alkanes) is 1. The van der Waals surface area contributed by atoms with Gasteiger partial charge >= 0.3 is 5.97 Å². The summed E-state index contributed by atoms with van der Waals surface area (Å²) in [7, 11) is 0. The van der Waals surface area contributed by atoms with Crippen LogP contribution in [0.4, 0.5) is 0 Å². The van der Waals surface area contributed by atoms with Crippen LogP contribution in [0.15, 0.2) is 18.2 Å². The lowest BCUT2D eigenvalue weighted by Crippen LogP contribution is -2.37. The van der Waals surface area contributed by atoms with E-state index in [0.29, 0.717) is 16.5 Å². The number of hydrogen-bond acceptors (Lipinski definition) is 2. The maximum atomic E-state index is 11.0. The molecular formula is C15H21Cl2NO2. The number of benzene rings is 1. The van der Waals surface area contributed by atoms with Crippen LogP contribution < -0.4 is 5.32 Å². The lowest BCUT2D eigenvalue weighted by atomic mass is 10.1. The average Bonchev–Trinajstić information content (AvgIpc) is 2.41. The lowest BCUT2D eigenvalue weighted by molar-refractivity contribution is -0.139. The van der Waals surface area contributed by atoms with Crippen LogP contribution in [-0.4, -0.2) is 23.7 Å². The fourth-order valence-corrected chi connectivity index (χ4v) is 2.35. The third-order valence-electron chi connectivity index (χ3n) is 3.14. The molecule has 0 saturated heterocycles. The molecule has 3 nitrogen and oxygen atoms in total. The zero-order valence-electron chi connectivity index (χ0n) is 11.7. The molecule has 1 aromatic rings. The summed E-state index contributed by atoms with van der Waals surface area (Å²) in [4.78, 5) is 11.0. The van der Waals surface area contributed by atoms with Crippen LogP contribution in [0.3, 0.4) is 0 Å². The molecule has 0 amide bonds. The summed E-state index contributed by atoms with van der Waals surface area (Å²) in [5, 5.41) is 13.2. The van der Waals surface area contributed by atoms with E-state index in [1.807, 2.05) is 19.1 Å². The third-order valence-corrected chi connectivity index (χ3v) is 3.88. The van der Waals surface area contributed by atoms with Crippen molar-refractivity contribution in [2.75, 3.05) is 6.54 Å². The topological polar surface area (TPSA) is 49.3 Å². The molecule has 0 aromatic heterocycles. The first-order chi connectivity index (χ1) is 9.54. The van der Waals surface area contributed by atoms with Crippen molar-refractivity contribution in [1.29, 1.82) is 0 Å². The number of carboxylic acids is 1. The van der Waals surface area contributed by atoms with Crippen molar-refractivity contribution in [1.82, 2.24) is 5.32 Å². The number of rotatable bonds is 9. The van der Waals surface area contributed by atoms with Gasteiger partial charge in [0.05, 0.1) is 10.0 Å². The molecule has 0 bridgehead atoms. The summed E-state index contributed by atoms with van der Waals surface area (Å²) in [6.07, 6.45) is 4.39. The lowest BCUT2D eigenvalue weighted by Gasteiger charge is -2.13. The zero-order chi connectivity index (χ0) is 15.0. The fraction of sp³-hybridized carbons (Fsp3) is 0.533. The first-order valence-electron chi connectivity index (χ1n) is 6.94. The van der Waals surface area contributed by atoms with E-state index in [1.165, 1.54) is 0 Å². The minimum absolute atomic E-state index is 0.426. The van der Waals surface area contributed by atoms with E-state index < -0.39 is 12.0 Å². The molecule has 1 rings (SSSR count). The Bertz CT molecular complexity index is 438. The van der Waals surface area contributed by atoms with E-state index in [1.54, 1.807) is 6.07 Å². The average molecular weight is 318 g/mol. The van der Waals surface area contributed by atoms with Gasteiger partial charge in [-0.25, -0.2) is 0 Å². The number of aryl methyl sites for hydroxylation is 1. The highest BCUT2D eigenvalue weighted by atomic mass is 35.5. The molecule has 0 aliphatic heterocycles. The Morgan fingerprint density at radius 1 is 1.30 bits per heavy atom. The molecule has 0 saturated carbocycles. The van der Waals surface area contributed by atoms with Crippen molar-refractivity contribution < 1.29 is 9.90 Å². The standard InChI is InChI=1S/C15H21Cl2NO2/c1-2-5-14(15(19)20)18-9-4-3-6-11-7-8-12(16)13(17)10-11/h7-8,10,14,18H,2-6,9H2,1H3,(H,19,20). The summed E-state index contributed by atoms with van der Waals surface area (Å²) in [6, 6.07) is 5.23. The molecule has 1 unspecified atom stereocenters. The van der Waals surface area contributed by atoms with Gasteiger partial charge in [-0.15, -0.1) is 0 Å². The number of carbonyl (C=O) groups is 1. The molecule has 2 N–H and O–H groups in total. The smallest absolute Gasteiger partial charge is 0.320 e. The molecular weight excluding hydrogens is 297 g/mol. The van der Waals surface area contributed by atoms with Crippen molar-refractivity contribution in [3.63, 3.8) is 0 Å². The van der Waals surface area contributed by atoms with Gasteiger partial charge in [-0.1, -0.05) is 42.6 Å². The van der Waals surface area contributed by atoms with Gasteiger partial charge in [0.25, 0.3) is 0 Å². The molecule has 0 heterocycles. The van der Waals surface area contributed by atoms with Crippen molar-refractivity contribution in [2.24, 2.45) is 0 Å². The maximum absolute atomic E-state index is 11.0. The molecule has 112 valence electrons. The minimum atomic E-state index is -0.767. The van der Waals surface area contributed by atoms with Crippen LogP contribution in [-0.2, 0) is 11.2 Å². The van der Waals surface area contributed by atoms with E-state index in [4.69, 9.17) is 28.3 Å². The Hall–Kier alpha value is -0.770. The summed E-state index contributed by atoms with van der Waals surface area (Å²) in [5.74, 6) is -0.767. The van der Waals surface area contributed by atoms with E-state index >= 15 is 0 Å². The maximum Gasteiger partial charge on any atom is 0.320 e. The highest BCUT2D eigenvalue weighted by Crippen LogP contribution is 2.23. The second kappa shape index (κ2) is 9.22. The Kier molecular flexibility index (Phi) is 7.97. The summed E-state index contributed by atoms with van der Waals surface area (Å²) >= 11 is 11.8. The van der Waals surface area contributed by atoms with E-state index in [-0.39, 0.29) is 0 Å². The second-order valence-corrected chi connectivity index (χ2v) is 5.65. The predicted octanol–water partition coefficient (Wildman–Crippen LogP) is 4.16. The normalized spacial score (nSPS) is 12.3. The quantitative estimate of drug-likeness (QED) is 0.672. The first kappa shape index (κ1) is 17.3. The number of carboxylic acid groups (broad SMARTS) is 1. The highest BCUT2D eigenvalue weighted by Gasteiger charge is 2.14. The van der Waals surface area contributed by atoms with Gasteiger partial charge in [0, 0.05) is 0 Å². The molecule has 0 fully saturated rings. The Balaban J connectivity index is 2.24. The number of aliphatic carboxylic acids is 1. The van der Waals surface area contributed by atoms with Gasteiger partial charge in [0.15, 0.2) is 0 Å². The minimum Gasteiger partial charge on any atom is -0.480 e. The predicted molar refractivity (Wildman–Crippen MR) is 83.7 cm³/mol. The summed E-state index contributed by atoms with van der Waals surface area (Å²) in [5.41, 5.74) is 1.16. The Morgan fingerprint density at radius 3 is 2.65 bits per heavy atom. The summed E-state index contributed by atoms with van der Waals surface area (Å²) in [6.45, 7) is 2.71. The first-order valence-corrected chi connectivity index (χ1v) is 7.70. The molecule has 1 aromatic carbocycles. The Morgan fingerprint density at radius 2 is 2.05 bits per heavy atom. The van der Waals surface area contributed by atoms with Crippen LogP contribution in [0, 0.1) is 0 Å².